The van der Waals surface area contributed by atoms with Crippen molar-refractivity contribution in [1.29, 1.82) is 0 Å². The summed E-state index contributed by atoms with van der Waals surface area (Å²) in [5, 5.41) is 0. The lowest BCUT2D eigenvalue weighted by Crippen LogP contribution is -2.41. The van der Waals surface area contributed by atoms with Gasteiger partial charge in [0.2, 0.25) is 0 Å². The summed E-state index contributed by atoms with van der Waals surface area (Å²) in [5.74, 6) is 0. The molecule has 0 aliphatic carbocycles. The number of aromatic nitrogens is 2. The van der Waals surface area contributed by atoms with Crippen molar-refractivity contribution in [2.45, 2.75) is 45.3 Å². The normalized spacial score (nSPS) is 21.6. The average molecular weight is 256 g/mol. The van der Waals surface area contributed by atoms with E-state index in [0.717, 1.165) is 6.20 Å². The van der Waals surface area contributed by atoms with E-state index in [1.54, 1.807) is 0 Å². The van der Waals surface area contributed by atoms with Crippen molar-refractivity contribution in [2.75, 3.05) is 0 Å². The molecular weight excluding hydrogens is 241 g/mol. The smallest absolute Gasteiger partial charge is 0.398 e. The largest absolute Gasteiger partial charge is 0.516 e. The quantitative estimate of drug-likeness (QED) is 0.755. The molecule has 1 aliphatic rings. The summed E-state index contributed by atoms with van der Waals surface area (Å²) in [6, 6.07) is 0. The monoisotopic (exact) mass is 256 g/mol. The third-order valence-electron chi connectivity index (χ3n) is 3.39. The maximum Gasteiger partial charge on any atom is 0.516 e. The number of hydrogen-bond acceptors (Lipinski definition) is 4. The van der Waals surface area contributed by atoms with E-state index in [1.165, 1.54) is 6.20 Å². The molecule has 7 heteroatoms. The van der Waals surface area contributed by atoms with Crippen LogP contribution in [0.2, 0.25) is 0 Å². The fourth-order valence-electron chi connectivity index (χ4n) is 1.58. The minimum Gasteiger partial charge on any atom is -0.398 e. The lowest BCUT2D eigenvalue weighted by atomic mass is 9.85. The van der Waals surface area contributed by atoms with Gasteiger partial charge < -0.3 is 9.31 Å². The zero-order chi connectivity index (χ0) is 13.6. The molecule has 18 heavy (non-hydrogen) atoms. The maximum atomic E-state index is 12.6. The zero-order valence-electron chi connectivity index (χ0n) is 10.8. The van der Waals surface area contributed by atoms with Crippen LogP contribution in [0.4, 0.5) is 8.78 Å². The van der Waals surface area contributed by atoms with Crippen LogP contribution in [0.1, 0.15) is 39.8 Å². The van der Waals surface area contributed by atoms with Gasteiger partial charge in [-0.2, -0.15) is 0 Å². The second kappa shape index (κ2) is 4.24. The van der Waals surface area contributed by atoms with Gasteiger partial charge in [-0.1, -0.05) is 0 Å². The van der Waals surface area contributed by atoms with Crippen molar-refractivity contribution >= 4 is 12.7 Å². The average Bonchev–Trinajstić information content (AvgIpc) is 2.48. The predicted molar refractivity (Wildman–Crippen MR) is 62.7 cm³/mol. The molecule has 0 radical (unpaired) electrons. The van der Waals surface area contributed by atoms with Crippen LogP contribution >= 0.6 is 0 Å². The van der Waals surface area contributed by atoms with Crippen molar-refractivity contribution in [1.82, 2.24) is 9.97 Å². The molecule has 0 bridgehead atoms. The summed E-state index contributed by atoms with van der Waals surface area (Å²) in [7, 11) is -0.763. The molecule has 4 nitrogen and oxygen atoms in total. The molecule has 1 fully saturated rings. The fraction of sp³-hybridized carbons (Fsp3) is 0.636. The Hall–Kier alpha value is -1.08. The molecule has 98 valence electrons. The van der Waals surface area contributed by atoms with Crippen molar-refractivity contribution in [3.05, 3.63) is 18.1 Å². The molecule has 0 saturated carbocycles. The number of hydrogen-bond donors (Lipinski definition) is 0. The summed E-state index contributed by atoms with van der Waals surface area (Å²) >= 11 is 0. The van der Waals surface area contributed by atoms with Crippen LogP contribution in [-0.4, -0.2) is 28.3 Å². The first kappa shape index (κ1) is 13.4. The molecule has 2 heterocycles. The van der Waals surface area contributed by atoms with Gasteiger partial charge >= 0.3 is 7.12 Å². The highest BCUT2D eigenvalue weighted by Crippen LogP contribution is 2.36. The molecule has 1 aliphatic heterocycles. The Balaban J connectivity index is 2.27. The molecule has 0 spiro atoms. The summed E-state index contributed by atoms with van der Waals surface area (Å²) in [6.07, 6.45) is -0.229. The molecule has 0 unspecified atom stereocenters. The Morgan fingerprint density at radius 3 is 2.17 bits per heavy atom. The zero-order valence-corrected chi connectivity index (χ0v) is 10.8. The highest BCUT2D eigenvalue weighted by molar-refractivity contribution is 6.61. The van der Waals surface area contributed by atoms with Gasteiger partial charge in [-0.15, -0.1) is 0 Å². The SMILES string of the molecule is CC1(C)OB(c2cncc(C(F)F)n2)OC1(C)C. The summed E-state index contributed by atoms with van der Waals surface area (Å²) in [4.78, 5) is 7.57. The van der Waals surface area contributed by atoms with Gasteiger partial charge in [0.25, 0.3) is 6.43 Å². The highest BCUT2D eigenvalue weighted by Gasteiger charge is 2.52. The van der Waals surface area contributed by atoms with Gasteiger partial charge in [0.1, 0.15) is 5.69 Å². The maximum absolute atomic E-state index is 12.6. The van der Waals surface area contributed by atoms with Crippen LogP contribution < -0.4 is 5.59 Å². The van der Waals surface area contributed by atoms with Gasteiger partial charge in [-0.25, -0.2) is 8.78 Å². The van der Waals surface area contributed by atoms with E-state index < -0.39 is 24.7 Å². The van der Waals surface area contributed by atoms with E-state index in [1.807, 2.05) is 27.7 Å². The molecule has 0 N–H and O–H groups in total. The molecule has 2 rings (SSSR count). The third-order valence-corrected chi connectivity index (χ3v) is 3.39. The van der Waals surface area contributed by atoms with Crippen molar-refractivity contribution in [3.8, 4) is 0 Å². The van der Waals surface area contributed by atoms with Crippen molar-refractivity contribution < 1.29 is 18.1 Å². The number of halogens is 2. The van der Waals surface area contributed by atoms with Crippen LogP contribution in [0.25, 0.3) is 0 Å². The second-order valence-corrected chi connectivity index (χ2v) is 5.26. The van der Waals surface area contributed by atoms with E-state index >= 15 is 0 Å². The Kier molecular flexibility index (Phi) is 3.15. The van der Waals surface area contributed by atoms with Crippen LogP contribution in [0.15, 0.2) is 12.4 Å². The molecule has 1 saturated heterocycles. The lowest BCUT2D eigenvalue weighted by Gasteiger charge is -2.32. The summed E-state index contributed by atoms with van der Waals surface area (Å²) in [6.45, 7) is 7.55. The standard InChI is InChI=1S/C11H15BF2N2O2/c1-10(2)11(3,4)18-12(17-10)8-6-15-5-7(16-8)9(13)14/h5-6,9H,1-4H3. The number of nitrogens with zero attached hydrogens (tertiary/aromatic N) is 2. The van der Waals surface area contributed by atoms with Gasteiger partial charge in [0.15, 0.2) is 0 Å². The van der Waals surface area contributed by atoms with Crippen molar-refractivity contribution in [3.63, 3.8) is 0 Å². The molecular formula is C11H15BF2N2O2. The Morgan fingerprint density at radius 2 is 1.67 bits per heavy atom. The first-order chi connectivity index (χ1) is 8.23. The van der Waals surface area contributed by atoms with Gasteiger partial charge in [0.05, 0.1) is 23.0 Å². The fourth-order valence-corrected chi connectivity index (χ4v) is 1.58. The Labute approximate surface area is 105 Å². The Bertz CT molecular complexity index is 438. The first-order valence-electron chi connectivity index (χ1n) is 5.68. The molecule has 0 aromatic carbocycles. The summed E-state index contributed by atoms with van der Waals surface area (Å²) in [5.41, 5.74) is -1.16. The first-order valence-corrected chi connectivity index (χ1v) is 5.68. The van der Waals surface area contributed by atoms with Crippen LogP contribution in [0.3, 0.4) is 0 Å². The topological polar surface area (TPSA) is 44.2 Å². The molecule has 0 amide bonds. The minimum absolute atomic E-state index is 0.270. The highest BCUT2D eigenvalue weighted by atomic mass is 19.3. The minimum atomic E-state index is -2.65. The van der Waals surface area contributed by atoms with Crippen molar-refractivity contribution in [2.24, 2.45) is 0 Å². The second-order valence-electron chi connectivity index (χ2n) is 5.26. The van der Waals surface area contributed by atoms with Crippen LogP contribution in [0.5, 0.6) is 0 Å². The third kappa shape index (κ3) is 2.24. The predicted octanol–water partition coefficient (Wildman–Crippen LogP) is 1.71. The van der Waals surface area contributed by atoms with Gasteiger partial charge in [0, 0.05) is 6.20 Å². The number of rotatable bonds is 2. The van der Waals surface area contributed by atoms with Gasteiger partial charge in [-0.05, 0) is 27.7 Å². The van der Waals surface area contributed by atoms with E-state index in [4.69, 9.17) is 9.31 Å². The lowest BCUT2D eigenvalue weighted by molar-refractivity contribution is 0.00578. The van der Waals surface area contributed by atoms with Crippen LogP contribution in [-0.2, 0) is 9.31 Å². The van der Waals surface area contributed by atoms with E-state index in [9.17, 15) is 8.78 Å². The van der Waals surface area contributed by atoms with Gasteiger partial charge in [-0.3, -0.25) is 9.97 Å². The molecule has 1 aromatic heterocycles. The summed E-state index contributed by atoms with van der Waals surface area (Å²) < 4.78 is 36.5. The Morgan fingerprint density at radius 1 is 1.11 bits per heavy atom. The van der Waals surface area contributed by atoms with Crippen LogP contribution in [0, 0.1) is 0 Å². The van der Waals surface area contributed by atoms with E-state index in [-0.39, 0.29) is 11.3 Å². The number of alkyl halides is 2. The van der Waals surface area contributed by atoms with E-state index in [0.29, 0.717) is 0 Å². The molecule has 0 atom stereocenters. The molecule has 1 aromatic rings. The van der Waals surface area contributed by atoms with E-state index in [2.05, 4.69) is 9.97 Å².